The average Bonchev–Trinajstić information content (AvgIpc) is 2.60. The quantitative estimate of drug-likeness (QED) is 0.845. The number of phenols is 1. The summed E-state index contributed by atoms with van der Waals surface area (Å²) in [5.41, 5.74) is 0.657. The fourth-order valence-electron chi connectivity index (χ4n) is 5.05. The Balaban J connectivity index is 2.02. The van der Waals surface area contributed by atoms with Gasteiger partial charge in [0.05, 0.1) is 20.3 Å². The van der Waals surface area contributed by atoms with Crippen LogP contribution in [0.4, 0.5) is 0 Å². The highest BCUT2D eigenvalue weighted by Crippen LogP contribution is 2.58. The molecule has 0 amide bonds. The lowest BCUT2D eigenvalue weighted by Gasteiger charge is -2.56. The summed E-state index contributed by atoms with van der Waals surface area (Å²) in [6.45, 7) is 0.728. The van der Waals surface area contributed by atoms with Crippen molar-refractivity contribution >= 4 is 5.78 Å². The number of fused-ring (bicyclic) bond motifs is 1. The van der Waals surface area contributed by atoms with Crippen molar-refractivity contribution in [3.8, 4) is 11.5 Å². The number of phenolic OH excluding ortho intramolecular Hbond substituents is 1. The number of methoxy groups -OCH3 is 2. The number of hydrogen-bond acceptors (Lipinski definition) is 6. The van der Waals surface area contributed by atoms with Crippen molar-refractivity contribution in [1.82, 2.24) is 4.90 Å². The predicted molar refractivity (Wildman–Crippen MR) is 90.9 cm³/mol. The Kier molecular flexibility index (Phi) is 3.60. The number of aliphatic hydroxyl groups is 1. The number of carbonyl (C=O) groups excluding carboxylic acids is 1. The van der Waals surface area contributed by atoms with Crippen LogP contribution in [0.5, 0.6) is 11.5 Å². The van der Waals surface area contributed by atoms with E-state index in [1.54, 1.807) is 12.1 Å². The second kappa shape index (κ2) is 5.47. The number of hydrogen-bond donors (Lipinski definition) is 2. The van der Waals surface area contributed by atoms with E-state index in [-0.39, 0.29) is 23.5 Å². The Hall–Kier alpha value is -2.05. The largest absolute Gasteiger partial charge is 0.504 e. The van der Waals surface area contributed by atoms with Gasteiger partial charge in [0.15, 0.2) is 17.3 Å². The summed E-state index contributed by atoms with van der Waals surface area (Å²) >= 11 is 0. The SMILES string of the molecule is COC1=CC2[C@@H]3C(=O)c4ccc(OC)c(O)c4[C@]2(CCN3C)C[C@@H]1O. The zero-order valence-electron chi connectivity index (χ0n) is 14.7. The number of ether oxygens (including phenoxy) is 2. The van der Waals surface area contributed by atoms with Gasteiger partial charge in [-0.25, -0.2) is 0 Å². The molecule has 1 unspecified atom stereocenters. The van der Waals surface area contributed by atoms with Gasteiger partial charge in [0.1, 0.15) is 11.9 Å². The van der Waals surface area contributed by atoms with Crippen LogP contribution in [0.2, 0.25) is 0 Å². The van der Waals surface area contributed by atoms with Crippen molar-refractivity contribution in [2.45, 2.75) is 30.4 Å². The molecule has 2 aliphatic carbocycles. The molecule has 1 heterocycles. The molecule has 1 aromatic rings. The molecule has 134 valence electrons. The maximum absolute atomic E-state index is 13.2. The number of rotatable bonds is 2. The van der Waals surface area contributed by atoms with Crippen LogP contribution in [0.1, 0.15) is 28.8 Å². The lowest BCUT2D eigenvalue weighted by atomic mass is 9.53. The van der Waals surface area contributed by atoms with Gasteiger partial charge in [-0.2, -0.15) is 0 Å². The number of piperidine rings is 1. The third-order valence-corrected chi connectivity index (χ3v) is 6.22. The summed E-state index contributed by atoms with van der Waals surface area (Å²) in [5, 5.41) is 21.4. The van der Waals surface area contributed by atoms with Crippen LogP contribution < -0.4 is 4.74 Å². The van der Waals surface area contributed by atoms with Gasteiger partial charge in [-0.05, 0) is 44.6 Å². The van der Waals surface area contributed by atoms with Crippen molar-refractivity contribution in [3.63, 3.8) is 0 Å². The molecular formula is C19H23NO5. The minimum Gasteiger partial charge on any atom is -0.504 e. The fraction of sp³-hybridized carbons (Fsp3) is 0.526. The third kappa shape index (κ3) is 2.01. The van der Waals surface area contributed by atoms with Gasteiger partial charge in [0, 0.05) is 22.5 Å². The summed E-state index contributed by atoms with van der Waals surface area (Å²) < 4.78 is 10.6. The Morgan fingerprint density at radius 1 is 1.28 bits per heavy atom. The zero-order chi connectivity index (χ0) is 17.9. The first kappa shape index (κ1) is 16.4. The molecule has 1 saturated heterocycles. The van der Waals surface area contributed by atoms with Crippen LogP contribution in [-0.2, 0) is 10.2 Å². The van der Waals surface area contributed by atoms with Gasteiger partial charge in [-0.15, -0.1) is 0 Å². The van der Waals surface area contributed by atoms with E-state index in [1.807, 2.05) is 13.1 Å². The lowest BCUT2D eigenvalue weighted by Crippen LogP contribution is -2.63. The molecule has 6 heteroatoms. The van der Waals surface area contributed by atoms with Gasteiger partial charge >= 0.3 is 0 Å². The number of likely N-dealkylation sites (tertiary alicyclic amines) is 1. The molecule has 1 fully saturated rings. The van der Waals surface area contributed by atoms with Gasteiger partial charge in [-0.1, -0.05) is 0 Å². The van der Waals surface area contributed by atoms with Crippen LogP contribution in [0.25, 0.3) is 0 Å². The molecule has 2 N–H and O–H groups in total. The fourth-order valence-corrected chi connectivity index (χ4v) is 5.05. The normalized spacial score (nSPS) is 34.0. The van der Waals surface area contributed by atoms with Crippen LogP contribution in [0, 0.1) is 5.92 Å². The number of likely N-dealkylation sites (N-methyl/N-ethyl adjacent to an activating group) is 1. The molecular weight excluding hydrogens is 322 g/mol. The van der Waals surface area contributed by atoms with Crippen LogP contribution in [-0.4, -0.2) is 60.9 Å². The third-order valence-electron chi connectivity index (χ3n) is 6.22. The number of carbonyl (C=O) groups is 1. The molecule has 4 rings (SSSR count). The lowest BCUT2D eigenvalue weighted by molar-refractivity contribution is 0.00109. The Morgan fingerprint density at radius 2 is 2.04 bits per heavy atom. The summed E-state index contributed by atoms with van der Waals surface area (Å²) in [7, 11) is 4.98. The maximum Gasteiger partial charge on any atom is 0.181 e. The van der Waals surface area contributed by atoms with E-state index in [0.29, 0.717) is 29.1 Å². The Morgan fingerprint density at radius 3 is 2.72 bits per heavy atom. The van der Waals surface area contributed by atoms with E-state index in [9.17, 15) is 15.0 Å². The molecule has 1 aliphatic heterocycles. The first-order valence-electron chi connectivity index (χ1n) is 8.53. The molecule has 1 aromatic carbocycles. The smallest absolute Gasteiger partial charge is 0.181 e. The number of benzene rings is 1. The summed E-state index contributed by atoms with van der Waals surface area (Å²) in [5.74, 6) is 0.719. The molecule has 0 saturated carbocycles. The van der Waals surface area contributed by atoms with Crippen molar-refractivity contribution in [2.75, 3.05) is 27.8 Å². The first-order chi connectivity index (χ1) is 11.9. The van der Waals surface area contributed by atoms with E-state index in [2.05, 4.69) is 4.90 Å². The molecule has 4 atom stereocenters. The van der Waals surface area contributed by atoms with Crippen molar-refractivity contribution in [2.24, 2.45) is 5.92 Å². The first-order valence-corrected chi connectivity index (χ1v) is 8.53. The minimum absolute atomic E-state index is 0.00105. The maximum atomic E-state index is 13.2. The highest BCUT2D eigenvalue weighted by molar-refractivity contribution is 6.05. The molecule has 0 aromatic heterocycles. The molecule has 3 aliphatic rings. The molecule has 0 spiro atoms. The minimum atomic E-state index is -0.753. The van der Waals surface area contributed by atoms with E-state index < -0.39 is 11.5 Å². The van der Waals surface area contributed by atoms with Crippen LogP contribution >= 0.6 is 0 Å². The van der Waals surface area contributed by atoms with E-state index in [0.717, 1.165) is 13.0 Å². The number of aliphatic hydroxyl groups excluding tert-OH is 1. The molecule has 6 nitrogen and oxygen atoms in total. The highest BCUT2D eigenvalue weighted by atomic mass is 16.5. The van der Waals surface area contributed by atoms with E-state index >= 15 is 0 Å². The number of aromatic hydroxyl groups is 1. The second-order valence-electron chi connectivity index (χ2n) is 7.25. The summed E-state index contributed by atoms with van der Waals surface area (Å²) in [6, 6.07) is 3.06. The van der Waals surface area contributed by atoms with Crippen molar-refractivity contribution < 1.29 is 24.5 Å². The topological polar surface area (TPSA) is 79.2 Å². The molecule has 25 heavy (non-hydrogen) atoms. The number of Topliss-reactive ketones (excluding diaryl/α,β-unsaturated/α-hetero) is 1. The Bertz CT molecular complexity index is 773. The summed E-state index contributed by atoms with van der Waals surface area (Å²) in [6.07, 6.45) is 2.30. The molecule has 2 bridgehead atoms. The Labute approximate surface area is 146 Å². The summed E-state index contributed by atoms with van der Waals surface area (Å²) in [4.78, 5) is 15.3. The predicted octanol–water partition coefficient (Wildman–Crippen LogP) is 1.45. The zero-order valence-corrected chi connectivity index (χ0v) is 14.7. The standard InChI is InChI=1S/C19H23NO5/c1-20-7-6-19-9-12(21)14(25-3)8-11(19)16(20)17(22)10-4-5-13(24-2)18(23)15(10)19/h4-5,8,11-12,16,21,23H,6-7,9H2,1-3H3/t11?,12-,16+,19+/m0/s1. The number of ketones is 1. The molecule has 0 radical (unpaired) electrons. The van der Waals surface area contributed by atoms with Gasteiger partial charge in [0.25, 0.3) is 0 Å². The van der Waals surface area contributed by atoms with Crippen molar-refractivity contribution in [3.05, 3.63) is 35.1 Å². The van der Waals surface area contributed by atoms with E-state index in [1.165, 1.54) is 14.2 Å². The van der Waals surface area contributed by atoms with Crippen molar-refractivity contribution in [1.29, 1.82) is 0 Å². The highest BCUT2D eigenvalue weighted by Gasteiger charge is 2.59. The van der Waals surface area contributed by atoms with Gasteiger partial charge < -0.3 is 19.7 Å². The van der Waals surface area contributed by atoms with Gasteiger partial charge in [0.2, 0.25) is 0 Å². The monoisotopic (exact) mass is 345 g/mol. The van der Waals surface area contributed by atoms with Crippen LogP contribution in [0.15, 0.2) is 24.0 Å². The average molecular weight is 345 g/mol. The second-order valence-corrected chi connectivity index (χ2v) is 7.25. The van der Waals surface area contributed by atoms with Crippen LogP contribution in [0.3, 0.4) is 0 Å². The van der Waals surface area contributed by atoms with E-state index in [4.69, 9.17) is 9.47 Å². The number of nitrogens with zero attached hydrogens (tertiary/aromatic N) is 1. The van der Waals surface area contributed by atoms with Gasteiger partial charge in [-0.3, -0.25) is 9.69 Å².